The summed E-state index contributed by atoms with van der Waals surface area (Å²) in [5.74, 6) is 0.604. The van der Waals surface area contributed by atoms with Crippen LogP contribution in [0.3, 0.4) is 0 Å². The highest BCUT2D eigenvalue weighted by atomic mass is 16.5. The van der Waals surface area contributed by atoms with Crippen molar-refractivity contribution in [1.82, 2.24) is 15.5 Å². The van der Waals surface area contributed by atoms with Gasteiger partial charge in [0.25, 0.3) is 5.91 Å². The second kappa shape index (κ2) is 6.67. The van der Waals surface area contributed by atoms with E-state index in [0.29, 0.717) is 0 Å². The zero-order valence-corrected chi connectivity index (χ0v) is 15.4. The van der Waals surface area contributed by atoms with Crippen LogP contribution in [-0.2, 0) is 11.3 Å². The Hall–Kier alpha value is -2.08. The van der Waals surface area contributed by atoms with Gasteiger partial charge in [0.05, 0.1) is 6.54 Å². The number of carbonyl (C=O) groups is 2. The summed E-state index contributed by atoms with van der Waals surface area (Å²) in [5.41, 5.74) is 2.17. The highest BCUT2D eigenvalue weighted by molar-refractivity contribution is 6.06. The molecule has 25 heavy (non-hydrogen) atoms. The van der Waals surface area contributed by atoms with E-state index in [4.69, 9.17) is 4.74 Å². The first-order chi connectivity index (χ1) is 11.8. The topological polar surface area (TPSA) is 70.7 Å². The average Bonchev–Trinajstić information content (AvgIpc) is 2.73. The first kappa shape index (κ1) is 17.7. The number of piperidine rings is 1. The molecule has 6 heteroatoms. The lowest BCUT2D eigenvalue weighted by Crippen LogP contribution is -2.40. The summed E-state index contributed by atoms with van der Waals surface area (Å²) < 4.78 is 6.30. The Morgan fingerprint density at radius 3 is 2.48 bits per heavy atom. The van der Waals surface area contributed by atoms with E-state index in [2.05, 4.69) is 16.7 Å². The van der Waals surface area contributed by atoms with Crippen LogP contribution in [-0.4, -0.2) is 41.6 Å². The molecule has 3 rings (SSSR count). The number of hydrogen-bond acceptors (Lipinski definition) is 4. The van der Waals surface area contributed by atoms with Gasteiger partial charge in [-0.25, -0.2) is 4.79 Å². The molecule has 1 aromatic rings. The number of nitrogens with zero attached hydrogens (tertiary/aromatic N) is 1. The maximum atomic E-state index is 12.5. The lowest BCUT2D eigenvalue weighted by atomic mass is 10.0. The van der Waals surface area contributed by atoms with Gasteiger partial charge in [0.1, 0.15) is 17.4 Å². The third-order valence-corrected chi connectivity index (χ3v) is 4.84. The Balaban J connectivity index is 1.87. The quantitative estimate of drug-likeness (QED) is 0.821. The van der Waals surface area contributed by atoms with E-state index in [9.17, 15) is 9.59 Å². The highest BCUT2D eigenvalue weighted by Crippen LogP contribution is 2.30. The highest BCUT2D eigenvalue weighted by Gasteiger charge is 2.44. The van der Waals surface area contributed by atoms with Crippen molar-refractivity contribution in [3.63, 3.8) is 0 Å². The predicted molar refractivity (Wildman–Crippen MR) is 95.6 cm³/mol. The first-order valence-electron chi connectivity index (χ1n) is 8.89. The van der Waals surface area contributed by atoms with Gasteiger partial charge >= 0.3 is 6.03 Å². The zero-order chi connectivity index (χ0) is 18.2. The van der Waals surface area contributed by atoms with Crippen LogP contribution in [0.4, 0.5) is 4.79 Å². The maximum Gasteiger partial charge on any atom is 0.325 e. The molecule has 0 saturated carbocycles. The number of nitrogens with one attached hydrogen (secondary N) is 2. The molecule has 136 valence electrons. The van der Waals surface area contributed by atoms with Crippen LogP contribution in [0.5, 0.6) is 5.75 Å². The molecule has 1 aromatic carbocycles. The first-order valence-corrected chi connectivity index (χ1v) is 8.89. The fraction of sp³-hybridized carbons (Fsp3) is 0.579. The predicted octanol–water partition coefficient (Wildman–Crippen LogP) is 2.26. The largest absolute Gasteiger partial charge is 0.490 e. The summed E-state index contributed by atoms with van der Waals surface area (Å²) in [5, 5.41) is 6.06. The van der Waals surface area contributed by atoms with Crippen LogP contribution in [0, 0.1) is 13.8 Å². The minimum absolute atomic E-state index is 0.168. The number of amides is 3. The van der Waals surface area contributed by atoms with Crippen molar-refractivity contribution >= 4 is 11.9 Å². The number of rotatable bonds is 4. The molecule has 2 heterocycles. The third kappa shape index (κ3) is 3.63. The minimum Gasteiger partial charge on any atom is -0.490 e. The van der Waals surface area contributed by atoms with E-state index in [1.165, 1.54) is 4.90 Å². The summed E-state index contributed by atoms with van der Waals surface area (Å²) in [6.45, 7) is 9.61. The Morgan fingerprint density at radius 1 is 1.20 bits per heavy atom. The molecule has 0 spiro atoms. The number of ether oxygens (including phenoxy) is 1. The van der Waals surface area contributed by atoms with E-state index in [1.807, 2.05) is 19.9 Å². The second-order valence-corrected chi connectivity index (χ2v) is 7.58. The van der Waals surface area contributed by atoms with Crippen molar-refractivity contribution in [3.8, 4) is 5.75 Å². The van der Waals surface area contributed by atoms with Crippen molar-refractivity contribution in [2.75, 3.05) is 13.1 Å². The lowest BCUT2D eigenvalue weighted by Gasteiger charge is -2.27. The van der Waals surface area contributed by atoms with Crippen molar-refractivity contribution in [1.29, 1.82) is 0 Å². The van der Waals surface area contributed by atoms with Crippen molar-refractivity contribution in [2.45, 2.75) is 58.7 Å². The van der Waals surface area contributed by atoms with Crippen molar-refractivity contribution in [2.24, 2.45) is 0 Å². The van der Waals surface area contributed by atoms with Gasteiger partial charge in [0, 0.05) is 5.56 Å². The maximum absolute atomic E-state index is 12.5. The number of aryl methyl sites for hydroxylation is 2. The standard InChI is InChI=1S/C19H27N3O3/c1-12-9-13(2)16(25-15-5-7-20-8-6-15)14(10-12)11-22-17(23)19(3,4)21-18(22)24/h9-10,15,20H,5-8,11H2,1-4H3,(H,21,24). The summed E-state index contributed by atoms with van der Waals surface area (Å²) in [7, 11) is 0. The molecule has 2 N–H and O–H groups in total. The van der Waals surface area contributed by atoms with Crippen LogP contribution in [0.15, 0.2) is 12.1 Å². The molecule has 0 atom stereocenters. The van der Waals surface area contributed by atoms with Crippen LogP contribution in [0.1, 0.15) is 43.4 Å². The summed E-state index contributed by atoms with van der Waals surface area (Å²) in [4.78, 5) is 26.0. The van der Waals surface area contributed by atoms with Gasteiger partial charge in [-0.15, -0.1) is 0 Å². The molecular weight excluding hydrogens is 318 g/mol. The van der Waals surface area contributed by atoms with Gasteiger partial charge in [-0.05, 0) is 59.2 Å². The van der Waals surface area contributed by atoms with Crippen LogP contribution < -0.4 is 15.4 Å². The molecule has 0 aromatic heterocycles. The number of imide groups is 1. The van der Waals surface area contributed by atoms with E-state index in [1.54, 1.807) is 13.8 Å². The van der Waals surface area contributed by atoms with Gasteiger partial charge in [-0.3, -0.25) is 9.69 Å². The SMILES string of the molecule is Cc1cc(C)c(OC2CCNCC2)c(CN2C(=O)NC(C)(C)C2=O)c1. The average molecular weight is 345 g/mol. The van der Waals surface area contributed by atoms with Crippen LogP contribution in [0.25, 0.3) is 0 Å². The van der Waals surface area contributed by atoms with Crippen molar-refractivity contribution < 1.29 is 14.3 Å². The van der Waals surface area contributed by atoms with E-state index >= 15 is 0 Å². The fourth-order valence-corrected chi connectivity index (χ4v) is 3.54. The molecule has 2 fully saturated rings. The second-order valence-electron chi connectivity index (χ2n) is 7.58. The molecule has 0 aliphatic carbocycles. The Bertz CT molecular complexity index is 693. The van der Waals surface area contributed by atoms with Crippen molar-refractivity contribution in [3.05, 3.63) is 28.8 Å². The van der Waals surface area contributed by atoms with E-state index in [-0.39, 0.29) is 24.6 Å². The van der Waals surface area contributed by atoms with Gasteiger partial charge in [-0.2, -0.15) is 0 Å². The number of urea groups is 1. The van der Waals surface area contributed by atoms with Gasteiger partial charge in [-0.1, -0.05) is 17.7 Å². The summed E-state index contributed by atoms with van der Waals surface area (Å²) in [6.07, 6.45) is 2.09. The molecule has 0 unspecified atom stereocenters. The molecule has 2 aliphatic heterocycles. The number of carbonyl (C=O) groups excluding carboxylic acids is 2. The monoisotopic (exact) mass is 345 g/mol. The molecule has 3 amide bonds. The number of benzene rings is 1. The fourth-order valence-electron chi connectivity index (χ4n) is 3.54. The van der Waals surface area contributed by atoms with E-state index < -0.39 is 5.54 Å². The lowest BCUT2D eigenvalue weighted by molar-refractivity contribution is -0.130. The Kier molecular flexibility index (Phi) is 4.73. The van der Waals surface area contributed by atoms with E-state index in [0.717, 1.165) is 48.4 Å². The van der Waals surface area contributed by atoms with Crippen LogP contribution >= 0.6 is 0 Å². The third-order valence-electron chi connectivity index (χ3n) is 4.84. The Labute approximate surface area is 148 Å². The normalized spacial score (nSPS) is 20.7. The van der Waals surface area contributed by atoms with Crippen LogP contribution in [0.2, 0.25) is 0 Å². The molecular formula is C19H27N3O3. The number of hydrogen-bond donors (Lipinski definition) is 2. The molecule has 2 saturated heterocycles. The Morgan fingerprint density at radius 2 is 1.88 bits per heavy atom. The molecule has 0 bridgehead atoms. The smallest absolute Gasteiger partial charge is 0.325 e. The van der Waals surface area contributed by atoms with Gasteiger partial charge in [0.2, 0.25) is 0 Å². The van der Waals surface area contributed by atoms with Gasteiger partial charge < -0.3 is 15.4 Å². The van der Waals surface area contributed by atoms with Gasteiger partial charge in [0.15, 0.2) is 0 Å². The molecule has 0 radical (unpaired) electrons. The summed E-state index contributed by atoms with van der Waals surface area (Å²) >= 11 is 0. The summed E-state index contributed by atoms with van der Waals surface area (Å²) in [6, 6.07) is 3.74. The molecule has 6 nitrogen and oxygen atoms in total. The zero-order valence-electron chi connectivity index (χ0n) is 15.4. The minimum atomic E-state index is -0.855. The molecule has 2 aliphatic rings.